The Balaban J connectivity index is 1.94. The number of H-pyrrole nitrogens is 1. The Labute approximate surface area is 92.4 Å². The van der Waals surface area contributed by atoms with Crippen molar-refractivity contribution >= 4 is 23.5 Å². The van der Waals surface area contributed by atoms with Crippen molar-refractivity contribution in [3.8, 4) is 0 Å². The summed E-state index contributed by atoms with van der Waals surface area (Å²) in [5.41, 5.74) is 0.951. The van der Waals surface area contributed by atoms with Crippen molar-refractivity contribution in [1.82, 2.24) is 15.5 Å². The molecule has 0 aromatic carbocycles. The van der Waals surface area contributed by atoms with Crippen molar-refractivity contribution in [1.29, 1.82) is 0 Å². The number of nitrogens with one attached hydrogen (secondary N) is 3. The third kappa shape index (κ3) is 2.51. The van der Waals surface area contributed by atoms with Gasteiger partial charge in [0.1, 0.15) is 5.82 Å². The Kier molecular flexibility index (Phi) is 3.27. The lowest BCUT2D eigenvalue weighted by Crippen LogP contribution is -2.46. The van der Waals surface area contributed by atoms with Crippen LogP contribution in [0.2, 0.25) is 0 Å². The Morgan fingerprint density at radius 3 is 3.20 bits per heavy atom. The minimum atomic E-state index is -0.0913. The van der Waals surface area contributed by atoms with Crippen LogP contribution in [0.1, 0.15) is 5.56 Å². The van der Waals surface area contributed by atoms with E-state index in [1.54, 1.807) is 18.0 Å². The van der Waals surface area contributed by atoms with Gasteiger partial charge >= 0.3 is 0 Å². The van der Waals surface area contributed by atoms with Crippen LogP contribution in [0, 0.1) is 6.92 Å². The third-order valence-electron chi connectivity index (χ3n) is 2.32. The molecule has 1 aliphatic rings. The second-order valence-corrected chi connectivity index (χ2v) is 4.65. The van der Waals surface area contributed by atoms with Crippen LogP contribution in [-0.2, 0) is 4.79 Å². The first-order valence-corrected chi connectivity index (χ1v) is 6.05. The van der Waals surface area contributed by atoms with Gasteiger partial charge in [-0.05, 0) is 6.92 Å². The quantitative estimate of drug-likeness (QED) is 0.681. The molecule has 1 amide bonds. The summed E-state index contributed by atoms with van der Waals surface area (Å²) in [5.74, 6) is 2.61. The number of anilines is 1. The van der Waals surface area contributed by atoms with E-state index in [0.29, 0.717) is 5.82 Å². The number of thioether (sulfide) groups is 1. The molecule has 0 bridgehead atoms. The maximum atomic E-state index is 11.8. The summed E-state index contributed by atoms with van der Waals surface area (Å²) in [7, 11) is 0. The lowest BCUT2D eigenvalue weighted by molar-refractivity contribution is -0.117. The van der Waals surface area contributed by atoms with Crippen LogP contribution in [0.3, 0.4) is 0 Å². The number of carbonyl (C=O) groups excluding carboxylic acids is 1. The van der Waals surface area contributed by atoms with Crippen molar-refractivity contribution in [3.05, 3.63) is 11.8 Å². The molecular formula is C9H14N4OS. The summed E-state index contributed by atoms with van der Waals surface area (Å²) >= 11 is 1.80. The molecule has 0 spiro atoms. The van der Waals surface area contributed by atoms with E-state index in [1.165, 1.54) is 0 Å². The summed E-state index contributed by atoms with van der Waals surface area (Å²) in [6.45, 7) is 2.80. The number of aromatic nitrogens is 2. The molecule has 1 fully saturated rings. The Bertz CT molecular complexity index is 346. The highest BCUT2D eigenvalue weighted by Crippen LogP contribution is 2.12. The summed E-state index contributed by atoms with van der Waals surface area (Å²) in [5, 5.41) is 12.6. The molecule has 2 rings (SSSR count). The van der Waals surface area contributed by atoms with Crippen molar-refractivity contribution in [2.75, 3.05) is 23.4 Å². The standard InChI is InChI=1S/C9H14N4OS/c1-6-4-11-13-8(6)12-9(14)7-5-15-3-2-10-7/h4,7,10H,2-3,5H2,1H3,(H2,11,12,13,14). The van der Waals surface area contributed by atoms with Gasteiger partial charge in [-0.2, -0.15) is 16.9 Å². The maximum absolute atomic E-state index is 11.8. The lowest BCUT2D eigenvalue weighted by Gasteiger charge is -2.21. The first-order chi connectivity index (χ1) is 7.27. The molecule has 3 N–H and O–H groups in total. The summed E-state index contributed by atoms with van der Waals surface area (Å²) < 4.78 is 0. The molecular weight excluding hydrogens is 212 g/mol. The van der Waals surface area contributed by atoms with Gasteiger partial charge < -0.3 is 10.6 Å². The number of nitrogens with zero attached hydrogens (tertiary/aromatic N) is 1. The van der Waals surface area contributed by atoms with Gasteiger partial charge in [0.05, 0.1) is 12.2 Å². The molecule has 2 heterocycles. The molecule has 1 unspecified atom stereocenters. The lowest BCUT2D eigenvalue weighted by atomic mass is 10.3. The van der Waals surface area contributed by atoms with E-state index in [0.717, 1.165) is 23.6 Å². The van der Waals surface area contributed by atoms with E-state index < -0.39 is 0 Å². The Morgan fingerprint density at radius 1 is 1.73 bits per heavy atom. The number of amides is 1. The summed E-state index contributed by atoms with van der Waals surface area (Å²) in [6.07, 6.45) is 1.69. The van der Waals surface area contributed by atoms with E-state index in [2.05, 4.69) is 20.8 Å². The van der Waals surface area contributed by atoms with Gasteiger partial charge in [-0.15, -0.1) is 0 Å². The fourth-order valence-electron chi connectivity index (χ4n) is 1.42. The predicted octanol–water partition coefficient (Wildman–Crippen LogP) is 0.362. The largest absolute Gasteiger partial charge is 0.309 e. The van der Waals surface area contributed by atoms with Crippen molar-refractivity contribution in [2.45, 2.75) is 13.0 Å². The first-order valence-electron chi connectivity index (χ1n) is 4.89. The number of hydrogen-bond acceptors (Lipinski definition) is 4. The maximum Gasteiger partial charge on any atom is 0.243 e. The van der Waals surface area contributed by atoms with E-state index in [-0.39, 0.29) is 11.9 Å². The fraction of sp³-hybridized carbons (Fsp3) is 0.556. The van der Waals surface area contributed by atoms with E-state index in [9.17, 15) is 4.79 Å². The first kappa shape index (κ1) is 10.5. The zero-order chi connectivity index (χ0) is 10.7. The van der Waals surface area contributed by atoms with Gasteiger partial charge in [-0.25, -0.2) is 0 Å². The number of carbonyl (C=O) groups is 1. The molecule has 0 aliphatic carbocycles. The van der Waals surface area contributed by atoms with Crippen molar-refractivity contribution in [2.24, 2.45) is 0 Å². The number of aryl methyl sites for hydroxylation is 1. The second-order valence-electron chi connectivity index (χ2n) is 3.50. The molecule has 1 aromatic heterocycles. The monoisotopic (exact) mass is 226 g/mol. The summed E-state index contributed by atoms with van der Waals surface area (Å²) in [6, 6.07) is -0.0913. The van der Waals surface area contributed by atoms with E-state index >= 15 is 0 Å². The highest BCUT2D eigenvalue weighted by Gasteiger charge is 2.21. The van der Waals surface area contributed by atoms with Crippen LogP contribution in [0.4, 0.5) is 5.82 Å². The Morgan fingerprint density at radius 2 is 2.60 bits per heavy atom. The fourth-order valence-corrected chi connectivity index (χ4v) is 2.35. The topological polar surface area (TPSA) is 69.8 Å². The third-order valence-corrected chi connectivity index (χ3v) is 3.38. The average molecular weight is 226 g/mol. The van der Waals surface area contributed by atoms with Crippen LogP contribution in [0.15, 0.2) is 6.20 Å². The average Bonchev–Trinajstić information content (AvgIpc) is 2.66. The predicted molar refractivity (Wildman–Crippen MR) is 61.1 cm³/mol. The van der Waals surface area contributed by atoms with Gasteiger partial charge in [0.2, 0.25) is 5.91 Å². The number of aromatic amines is 1. The molecule has 6 heteroatoms. The smallest absolute Gasteiger partial charge is 0.243 e. The van der Waals surface area contributed by atoms with Gasteiger partial charge in [0, 0.05) is 23.6 Å². The molecule has 1 aliphatic heterocycles. The molecule has 82 valence electrons. The molecule has 1 atom stereocenters. The molecule has 15 heavy (non-hydrogen) atoms. The molecule has 5 nitrogen and oxygen atoms in total. The van der Waals surface area contributed by atoms with Crippen LogP contribution < -0.4 is 10.6 Å². The second kappa shape index (κ2) is 4.67. The van der Waals surface area contributed by atoms with E-state index in [4.69, 9.17) is 0 Å². The van der Waals surface area contributed by atoms with Gasteiger partial charge in [-0.3, -0.25) is 9.89 Å². The van der Waals surface area contributed by atoms with Crippen molar-refractivity contribution < 1.29 is 4.79 Å². The van der Waals surface area contributed by atoms with E-state index in [1.807, 2.05) is 6.92 Å². The van der Waals surface area contributed by atoms with Gasteiger partial charge in [0.15, 0.2) is 0 Å². The van der Waals surface area contributed by atoms with Crippen LogP contribution in [0.5, 0.6) is 0 Å². The normalized spacial score (nSPS) is 21.3. The zero-order valence-corrected chi connectivity index (χ0v) is 9.36. The zero-order valence-electron chi connectivity index (χ0n) is 8.54. The highest BCUT2D eigenvalue weighted by atomic mass is 32.2. The van der Waals surface area contributed by atoms with Crippen LogP contribution in [-0.4, -0.2) is 40.2 Å². The SMILES string of the molecule is Cc1cn[nH]c1NC(=O)C1CSCCN1. The molecule has 0 radical (unpaired) electrons. The number of hydrogen-bond donors (Lipinski definition) is 3. The number of rotatable bonds is 2. The summed E-state index contributed by atoms with van der Waals surface area (Å²) in [4.78, 5) is 11.8. The van der Waals surface area contributed by atoms with Crippen LogP contribution >= 0.6 is 11.8 Å². The Hall–Kier alpha value is -1.01. The molecule has 1 aromatic rings. The highest BCUT2D eigenvalue weighted by molar-refractivity contribution is 7.99. The minimum absolute atomic E-state index is 0.00884. The molecule has 1 saturated heterocycles. The van der Waals surface area contributed by atoms with Gasteiger partial charge in [0.25, 0.3) is 0 Å². The van der Waals surface area contributed by atoms with Gasteiger partial charge in [-0.1, -0.05) is 0 Å². The molecule has 0 saturated carbocycles. The van der Waals surface area contributed by atoms with Crippen molar-refractivity contribution in [3.63, 3.8) is 0 Å². The minimum Gasteiger partial charge on any atom is -0.309 e. The van der Waals surface area contributed by atoms with Crippen LogP contribution in [0.25, 0.3) is 0 Å².